The molecule has 9 unspecified atom stereocenters. The zero-order valence-electron chi connectivity index (χ0n) is 18.6. The highest BCUT2D eigenvalue weighted by Crippen LogP contribution is 2.68. The first-order valence-corrected chi connectivity index (χ1v) is 11.8. The Bertz CT molecular complexity index is 642. The van der Waals surface area contributed by atoms with E-state index >= 15 is 0 Å². The molecule has 0 saturated heterocycles. The van der Waals surface area contributed by atoms with E-state index in [0.717, 1.165) is 30.6 Å². The molecule has 4 rings (SSSR count). The molecule has 0 heterocycles. The average Bonchev–Trinajstić information content (AvgIpc) is 2.98. The van der Waals surface area contributed by atoms with E-state index in [0.29, 0.717) is 28.4 Å². The fourth-order valence-corrected chi connectivity index (χ4v) is 8.71. The van der Waals surface area contributed by atoms with Gasteiger partial charge < -0.3 is 4.74 Å². The molecular weight excluding hydrogens is 348 g/mol. The highest BCUT2D eigenvalue weighted by molar-refractivity contribution is 5.78. The second kappa shape index (κ2) is 7.13. The number of esters is 1. The van der Waals surface area contributed by atoms with Gasteiger partial charge in [-0.05, 0) is 105 Å². The maximum atomic E-state index is 12.1. The Labute approximate surface area is 171 Å². The standard InChI is InChI=1S/C25H40O3/c1-15(16(2)26)21-8-9-22-20-7-6-18-14-19(28-17(3)27)10-12-24(18,4)23(20)11-13-25(21,22)5/h15,18-23H,6-14H2,1-5H3. The maximum absolute atomic E-state index is 12.1. The van der Waals surface area contributed by atoms with Crippen LogP contribution in [0.15, 0.2) is 0 Å². The highest BCUT2D eigenvalue weighted by Gasteiger charge is 2.61. The van der Waals surface area contributed by atoms with Crippen molar-refractivity contribution in [1.29, 1.82) is 0 Å². The summed E-state index contributed by atoms with van der Waals surface area (Å²) in [5.74, 6) is 4.26. The van der Waals surface area contributed by atoms with E-state index in [9.17, 15) is 9.59 Å². The molecule has 0 radical (unpaired) electrons. The molecule has 0 N–H and O–H groups in total. The summed E-state index contributed by atoms with van der Waals surface area (Å²) in [5.41, 5.74) is 0.787. The lowest BCUT2D eigenvalue weighted by Crippen LogP contribution is -2.54. The molecule has 0 aromatic rings. The van der Waals surface area contributed by atoms with Crippen LogP contribution in [-0.4, -0.2) is 17.9 Å². The van der Waals surface area contributed by atoms with Crippen LogP contribution in [0, 0.1) is 46.3 Å². The molecule has 4 aliphatic carbocycles. The van der Waals surface area contributed by atoms with Crippen LogP contribution >= 0.6 is 0 Å². The van der Waals surface area contributed by atoms with Crippen LogP contribution in [0.2, 0.25) is 0 Å². The van der Waals surface area contributed by atoms with Gasteiger partial charge in [0.25, 0.3) is 0 Å². The topological polar surface area (TPSA) is 43.4 Å². The Morgan fingerprint density at radius 1 is 0.893 bits per heavy atom. The predicted molar refractivity (Wildman–Crippen MR) is 111 cm³/mol. The van der Waals surface area contributed by atoms with Crippen LogP contribution in [0.4, 0.5) is 0 Å². The third kappa shape index (κ3) is 3.06. The second-order valence-corrected chi connectivity index (χ2v) is 11.3. The zero-order chi connectivity index (χ0) is 20.3. The molecule has 9 atom stereocenters. The van der Waals surface area contributed by atoms with Gasteiger partial charge in [-0.2, -0.15) is 0 Å². The normalized spacial score (nSPS) is 48.8. The fraction of sp³-hybridized carbons (Fsp3) is 0.920. The van der Waals surface area contributed by atoms with E-state index in [1.807, 2.05) is 0 Å². The smallest absolute Gasteiger partial charge is 0.302 e. The molecule has 158 valence electrons. The van der Waals surface area contributed by atoms with Crippen molar-refractivity contribution in [3.05, 3.63) is 0 Å². The number of ketones is 1. The molecule has 0 aromatic heterocycles. The van der Waals surface area contributed by atoms with Gasteiger partial charge in [-0.1, -0.05) is 20.8 Å². The van der Waals surface area contributed by atoms with Crippen LogP contribution < -0.4 is 0 Å². The lowest BCUT2D eigenvalue weighted by molar-refractivity contribution is -0.160. The maximum Gasteiger partial charge on any atom is 0.302 e. The lowest BCUT2D eigenvalue weighted by atomic mass is 9.44. The number of carbonyl (C=O) groups is 2. The average molecular weight is 389 g/mol. The van der Waals surface area contributed by atoms with Crippen molar-refractivity contribution in [2.45, 2.75) is 98.5 Å². The molecule has 4 aliphatic rings. The Morgan fingerprint density at radius 3 is 2.25 bits per heavy atom. The Hall–Kier alpha value is -0.860. The second-order valence-electron chi connectivity index (χ2n) is 11.3. The van der Waals surface area contributed by atoms with Gasteiger partial charge in [0.05, 0.1) is 0 Å². The highest BCUT2D eigenvalue weighted by atomic mass is 16.5. The Balaban J connectivity index is 1.52. The van der Waals surface area contributed by atoms with Gasteiger partial charge >= 0.3 is 5.97 Å². The van der Waals surface area contributed by atoms with E-state index in [1.165, 1.54) is 44.9 Å². The summed E-state index contributed by atoms with van der Waals surface area (Å²) in [6.45, 7) is 10.6. The largest absolute Gasteiger partial charge is 0.463 e. The summed E-state index contributed by atoms with van der Waals surface area (Å²) in [7, 11) is 0. The molecule has 3 heteroatoms. The number of hydrogen-bond donors (Lipinski definition) is 0. The molecule has 4 fully saturated rings. The van der Waals surface area contributed by atoms with Crippen molar-refractivity contribution in [2.75, 3.05) is 0 Å². The molecule has 0 aromatic carbocycles. The van der Waals surface area contributed by atoms with Crippen molar-refractivity contribution >= 4 is 11.8 Å². The summed E-state index contributed by atoms with van der Waals surface area (Å²) < 4.78 is 5.60. The van der Waals surface area contributed by atoms with E-state index in [-0.39, 0.29) is 18.0 Å². The molecule has 0 aliphatic heterocycles. The molecule has 0 spiro atoms. The lowest BCUT2D eigenvalue weighted by Gasteiger charge is -2.61. The first kappa shape index (κ1) is 20.4. The van der Waals surface area contributed by atoms with E-state index < -0.39 is 0 Å². The first-order valence-electron chi connectivity index (χ1n) is 11.8. The van der Waals surface area contributed by atoms with Gasteiger partial charge in [0.2, 0.25) is 0 Å². The number of rotatable bonds is 3. The molecule has 28 heavy (non-hydrogen) atoms. The molecule has 3 nitrogen and oxygen atoms in total. The van der Waals surface area contributed by atoms with Crippen LogP contribution in [0.1, 0.15) is 92.4 Å². The van der Waals surface area contributed by atoms with Gasteiger partial charge in [-0.25, -0.2) is 0 Å². The molecule has 0 bridgehead atoms. The molecule has 0 amide bonds. The number of carbonyl (C=O) groups excluding carboxylic acids is 2. The summed E-state index contributed by atoms with van der Waals surface area (Å²) in [6.07, 6.45) is 11.3. The fourth-order valence-electron chi connectivity index (χ4n) is 8.71. The van der Waals surface area contributed by atoms with Gasteiger partial charge in [-0.15, -0.1) is 0 Å². The van der Waals surface area contributed by atoms with Gasteiger partial charge in [-0.3, -0.25) is 9.59 Å². The summed E-state index contributed by atoms with van der Waals surface area (Å²) in [5, 5.41) is 0. The van der Waals surface area contributed by atoms with Gasteiger partial charge in [0, 0.05) is 12.8 Å². The van der Waals surface area contributed by atoms with Gasteiger partial charge in [0.1, 0.15) is 11.9 Å². The van der Waals surface area contributed by atoms with Crippen molar-refractivity contribution in [1.82, 2.24) is 0 Å². The van der Waals surface area contributed by atoms with Crippen LogP contribution in [0.25, 0.3) is 0 Å². The minimum atomic E-state index is -0.118. The third-order valence-corrected chi connectivity index (χ3v) is 10.3. The van der Waals surface area contributed by atoms with Gasteiger partial charge in [0.15, 0.2) is 0 Å². The zero-order valence-corrected chi connectivity index (χ0v) is 18.6. The van der Waals surface area contributed by atoms with Crippen LogP contribution in [0.3, 0.4) is 0 Å². The van der Waals surface area contributed by atoms with Crippen LogP contribution in [0.5, 0.6) is 0 Å². The number of hydrogen-bond acceptors (Lipinski definition) is 3. The summed E-state index contributed by atoms with van der Waals surface area (Å²) >= 11 is 0. The molecule has 4 saturated carbocycles. The predicted octanol–water partition coefficient (Wildman–Crippen LogP) is 5.80. The minimum Gasteiger partial charge on any atom is -0.463 e. The summed E-state index contributed by atoms with van der Waals surface area (Å²) in [6, 6.07) is 0. The Kier molecular flexibility index (Phi) is 5.20. The van der Waals surface area contributed by atoms with Crippen molar-refractivity contribution in [3.8, 4) is 0 Å². The molecular formula is C25H40O3. The summed E-state index contributed by atoms with van der Waals surface area (Å²) in [4.78, 5) is 23.6. The first-order chi connectivity index (χ1) is 13.2. The SMILES string of the molecule is CC(=O)OC1CCC2(C)C(CCC3C2CCC2(C)C(C(C)C(C)=O)CCC32)C1. The number of Topliss-reactive ketones (excluding diaryl/α,β-unsaturated/α-hetero) is 1. The van der Waals surface area contributed by atoms with Crippen molar-refractivity contribution in [3.63, 3.8) is 0 Å². The third-order valence-electron chi connectivity index (χ3n) is 10.3. The number of ether oxygens (including phenoxy) is 1. The van der Waals surface area contributed by atoms with Crippen LogP contribution in [-0.2, 0) is 14.3 Å². The van der Waals surface area contributed by atoms with Crippen molar-refractivity contribution < 1.29 is 14.3 Å². The minimum absolute atomic E-state index is 0.118. The van der Waals surface area contributed by atoms with E-state index in [2.05, 4.69) is 20.8 Å². The quantitative estimate of drug-likeness (QED) is 0.574. The van der Waals surface area contributed by atoms with E-state index in [1.54, 1.807) is 13.8 Å². The Morgan fingerprint density at radius 2 is 1.57 bits per heavy atom. The number of fused-ring (bicyclic) bond motifs is 5. The van der Waals surface area contributed by atoms with E-state index in [4.69, 9.17) is 4.74 Å². The van der Waals surface area contributed by atoms with Crippen molar-refractivity contribution in [2.24, 2.45) is 46.3 Å². The monoisotopic (exact) mass is 388 g/mol.